The van der Waals surface area contributed by atoms with Crippen molar-refractivity contribution >= 4 is 0 Å². The van der Waals surface area contributed by atoms with Crippen LogP contribution in [0.25, 0.3) is 0 Å². The molecule has 1 aliphatic heterocycles. The van der Waals surface area contributed by atoms with Crippen LogP contribution in [0.2, 0.25) is 0 Å². The van der Waals surface area contributed by atoms with Crippen molar-refractivity contribution in [1.29, 1.82) is 0 Å². The molecular formula is C27H30F2N2O3. The van der Waals surface area contributed by atoms with E-state index in [4.69, 9.17) is 9.47 Å². The van der Waals surface area contributed by atoms with Crippen molar-refractivity contribution in [1.82, 2.24) is 9.88 Å². The van der Waals surface area contributed by atoms with Gasteiger partial charge in [0.2, 0.25) is 0 Å². The van der Waals surface area contributed by atoms with Gasteiger partial charge in [0.25, 0.3) is 6.43 Å². The molecule has 1 N–H and O–H groups in total. The standard InChI is InChI=1S/C24H21F2NO3.C3H9N/c1-29-19-13-27-14-20-21(19)23(28)12-11-18(15-5-3-2-4-6-15)24(23,30-20)17-9-7-16(8-10-17)22(25)26;1-4(2)3/h2-10,13-14,18,22,28H,11-12H2,1H3;1-3H3. The van der Waals surface area contributed by atoms with E-state index in [0.29, 0.717) is 35.5 Å². The summed E-state index contributed by atoms with van der Waals surface area (Å²) in [5, 5.41) is 12.1. The Morgan fingerprint density at radius 2 is 1.71 bits per heavy atom. The van der Waals surface area contributed by atoms with Gasteiger partial charge in [0, 0.05) is 11.5 Å². The topological polar surface area (TPSA) is 54.8 Å². The van der Waals surface area contributed by atoms with Gasteiger partial charge in [-0.05, 0) is 45.1 Å². The SMILES string of the molecule is CN(C)C.COc1cncc2c1C1(O)CCC(c3ccccc3)C1(c1ccc(C(F)F)cc1)O2. The Morgan fingerprint density at radius 3 is 2.29 bits per heavy atom. The van der Waals surface area contributed by atoms with Crippen molar-refractivity contribution in [2.75, 3.05) is 28.3 Å². The van der Waals surface area contributed by atoms with E-state index in [0.717, 1.165) is 5.56 Å². The smallest absolute Gasteiger partial charge is 0.263 e. The summed E-state index contributed by atoms with van der Waals surface area (Å²) in [7, 11) is 7.53. The molecule has 0 radical (unpaired) electrons. The highest BCUT2D eigenvalue weighted by atomic mass is 19.3. The lowest BCUT2D eigenvalue weighted by molar-refractivity contribution is -0.106. The minimum absolute atomic E-state index is 0.0669. The quantitative estimate of drug-likeness (QED) is 0.566. The van der Waals surface area contributed by atoms with Gasteiger partial charge in [-0.2, -0.15) is 0 Å². The van der Waals surface area contributed by atoms with Crippen LogP contribution in [0.5, 0.6) is 11.5 Å². The van der Waals surface area contributed by atoms with Crippen molar-refractivity contribution in [3.05, 3.63) is 89.2 Å². The first-order chi connectivity index (χ1) is 16.2. The average molecular weight is 469 g/mol. The number of alkyl halides is 2. The van der Waals surface area contributed by atoms with E-state index in [1.54, 1.807) is 24.5 Å². The number of fused-ring (bicyclic) bond motifs is 3. The molecule has 1 saturated carbocycles. The fourth-order valence-corrected chi connectivity index (χ4v) is 5.19. The molecular weight excluding hydrogens is 438 g/mol. The van der Waals surface area contributed by atoms with Crippen LogP contribution in [0.15, 0.2) is 67.0 Å². The highest BCUT2D eigenvalue weighted by molar-refractivity contribution is 5.57. The molecule has 3 aromatic rings. The summed E-state index contributed by atoms with van der Waals surface area (Å²) in [5.41, 5.74) is -0.388. The van der Waals surface area contributed by atoms with E-state index >= 15 is 0 Å². The molecule has 3 unspecified atom stereocenters. The predicted molar refractivity (Wildman–Crippen MR) is 126 cm³/mol. The van der Waals surface area contributed by atoms with E-state index in [9.17, 15) is 13.9 Å². The fraction of sp³-hybridized carbons (Fsp3) is 0.370. The van der Waals surface area contributed by atoms with E-state index in [-0.39, 0.29) is 11.5 Å². The largest absolute Gasteiger partial charge is 0.495 e. The summed E-state index contributed by atoms with van der Waals surface area (Å²) in [4.78, 5) is 6.19. The number of benzene rings is 2. The van der Waals surface area contributed by atoms with Crippen molar-refractivity contribution in [2.45, 2.75) is 36.4 Å². The van der Waals surface area contributed by atoms with Crippen LogP contribution in [0.3, 0.4) is 0 Å². The molecule has 3 atom stereocenters. The number of halogens is 2. The molecule has 5 nitrogen and oxygen atoms in total. The van der Waals surface area contributed by atoms with Crippen LogP contribution in [-0.4, -0.2) is 43.2 Å². The molecule has 34 heavy (non-hydrogen) atoms. The highest BCUT2D eigenvalue weighted by Crippen LogP contribution is 2.67. The van der Waals surface area contributed by atoms with Gasteiger partial charge < -0.3 is 19.5 Å². The van der Waals surface area contributed by atoms with Gasteiger partial charge in [0.15, 0.2) is 5.60 Å². The number of ether oxygens (including phenoxy) is 2. The molecule has 7 heteroatoms. The first kappa shape index (κ1) is 24.1. The second-order valence-electron chi connectivity index (χ2n) is 9.18. The monoisotopic (exact) mass is 468 g/mol. The van der Waals surface area contributed by atoms with E-state index in [2.05, 4.69) is 4.98 Å². The Labute approximate surface area is 199 Å². The Kier molecular flexibility index (Phi) is 6.60. The second kappa shape index (κ2) is 9.31. The lowest BCUT2D eigenvalue weighted by atomic mass is 9.71. The number of hydrogen-bond acceptors (Lipinski definition) is 5. The van der Waals surface area contributed by atoms with Crippen LogP contribution in [0.4, 0.5) is 8.78 Å². The van der Waals surface area contributed by atoms with Gasteiger partial charge in [-0.15, -0.1) is 0 Å². The normalized spacial score (nSPS) is 24.8. The number of hydrogen-bond donors (Lipinski definition) is 1. The molecule has 2 aromatic carbocycles. The average Bonchev–Trinajstić information content (AvgIpc) is 3.26. The zero-order chi connectivity index (χ0) is 24.5. The third kappa shape index (κ3) is 3.83. The third-order valence-corrected chi connectivity index (χ3v) is 6.47. The van der Waals surface area contributed by atoms with E-state index < -0.39 is 17.6 Å². The second-order valence-corrected chi connectivity index (χ2v) is 9.18. The summed E-state index contributed by atoms with van der Waals surface area (Å²) in [6, 6.07) is 15.9. The molecule has 1 aliphatic carbocycles. The van der Waals surface area contributed by atoms with Gasteiger partial charge in [-0.25, -0.2) is 8.78 Å². The molecule has 1 aromatic heterocycles. The molecule has 0 spiro atoms. The Hall–Kier alpha value is -3.03. The number of pyridine rings is 1. The Balaban J connectivity index is 0.000000636. The lowest BCUT2D eigenvalue weighted by Gasteiger charge is -2.40. The van der Waals surface area contributed by atoms with Gasteiger partial charge in [-0.3, -0.25) is 4.98 Å². The molecule has 5 rings (SSSR count). The third-order valence-electron chi connectivity index (χ3n) is 6.47. The van der Waals surface area contributed by atoms with Crippen LogP contribution < -0.4 is 9.47 Å². The van der Waals surface area contributed by atoms with Crippen LogP contribution >= 0.6 is 0 Å². The lowest BCUT2D eigenvalue weighted by Crippen LogP contribution is -2.48. The summed E-state index contributed by atoms with van der Waals surface area (Å²) >= 11 is 0. The minimum Gasteiger partial charge on any atom is -0.495 e. The number of aliphatic hydroxyl groups is 1. The molecule has 0 amide bonds. The van der Waals surface area contributed by atoms with Crippen molar-refractivity contribution in [3.63, 3.8) is 0 Å². The van der Waals surface area contributed by atoms with Gasteiger partial charge in [-0.1, -0.05) is 54.6 Å². The van der Waals surface area contributed by atoms with Gasteiger partial charge >= 0.3 is 0 Å². The van der Waals surface area contributed by atoms with Crippen LogP contribution in [-0.2, 0) is 11.2 Å². The van der Waals surface area contributed by atoms with Gasteiger partial charge in [0.1, 0.15) is 17.1 Å². The number of nitrogens with zero attached hydrogens (tertiary/aromatic N) is 2. The first-order valence-electron chi connectivity index (χ1n) is 11.2. The first-order valence-corrected chi connectivity index (χ1v) is 11.2. The molecule has 1 fully saturated rings. The number of rotatable bonds is 4. The van der Waals surface area contributed by atoms with E-state index in [1.807, 2.05) is 56.4 Å². The predicted octanol–water partition coefficient (Wildman–Crippen LogP) is 5.26. The summed E-state index contributed by atoms with van der Waals surface area (Å²) in [6.07, 6.45) is 1.69. The maximum atomic E-state index is 13.2. The maximum Gasteiger partial charge on any atom is 0.263 e. The summed E-state index contributed by atoms with van der Waals surface area (Å²) < 4.78 is 38.4. The van der Waals surface area contributed by atoms with Gasteiger partial charge in [0.05, 0.1) is 25.1 Å². The zero-order valence-corrected chi connectivity index (χ0v) is 19.8. The van der Waals surface area contributed by atoms with E-state index in [1.165, 1.54) is 19.2 Å². The van der Waals surface area contributed by atoms with Crippen LogP contribution in [0, 0.1) is 0 Å². The molecule has 2 heterocycles. The van der Waals surface area contributed by atoms with Crippen LogP contribution in [0.1, 0.15) is 47.4 Å². The van der Waals surface area contributed by atoms with Crippen molar-refractivity contribution < 1.29 is 23.4 Å². The van der Waals surface area contributed by atoms with Crippen molar-refractivity contribution in [3.8, 4) is 11.5 Å². The fourth-order valence-electron chi connectivity index (χ4n) is 5.19. The summed E-state index contributed by atoms with van der Waals surface area (Å²) in [5.74, 6) is 0.725. The molecule has 180 valence electrons. The Morgan fingerprint density at radius 1 is 1.06 bits per heavy atom. The molecule has 0 bridgehead atoms. The minimum atomic E-state index is -2.56. The molecule has 2 aliphatic rings. The Bertz CT molecular complexity index is 1120. The zero-order valence-electron chi connectivity index (χ0n) is 19.8. The maximum absolute atomic E-state index is 13.2. The highest BCUT2D eigenvalue weighted by Gasteiger charge is 2.69. The number of aromatic nitrogens is 1. The van der Waals surface area contributed by atoms with Crippen molar-refractivity contribution in [2.24, 2.45) is 0 Å². The summed E-state index contributed by atoms with van der Waals surface area (Å²) in [6.45, 7) is 0. The number of methoxy groups -OCH3 is 1. The molecule has 0 saturated heterocycles.